The Morgan fingerprint density at radius 1 is 1.18 bits per heavy atom. The molecule has 3 aromatic rings. The van der Waals surface area contributed by atoms with Gasteiger partial charge in [0.2, 0.25) is 0 Å². The molecule has 2 aliphatic rings. The summed E-state index contributed by atoms with van der Waals surface area (Å²) in [7, 11) is 0. The maximum Gasteiger partial charge on any atom is 0.166 e. The minimum atomic E-state index is -0.695. The van der Waals surface area contributed by atoms with E-state index in [1.165, 1.54) is 0 Å². The minimum Gasteiger partial charge on any atom is -0.490 e. The Kier molecular flexibility index (Phi) is 4.37. The van der Waals surface area contributed by atoms with Crippen molar-refractivity contribution in [2.24, 2.45) is 5.92 Å². The zero-order chi connectivity index (χ0) is 19.1. The summed E-state index contributed by atoms with van der Waals surface area (Å²) in [6.45, 7) is 2.06. The summed E-state index contributed by atoms with van der Waals surface area (Å²) in [4.78, 5) is 15.8. The first-order valence-electron chi connectivity index (χ1n) is 9.69. The fourth-order valence-corrected chi connectivity index (χ4v) is 4.35. The number of rotatable bonds is 3. The average molecular weight is 381 g/mol. The molecule has 28 heavy (non-hydrogen) atoms. The Labute approximate surface area is 162 Å². The summed E-state index contributed by atoms with van der Waals surface area (Å²) >= 11 is 0. The Bertz CT molecular complexity index is 991. The third-order valence-corrected chi connectivity index (χ3v) is 5.73. The summed E-state index contributed by atoms with van der Waals surface area (Å²) in [5, 5.41) is 20.2. The zero-order valence-corrected chi connectivity index (χ0v) is 15.5. The number of piperidine rings is 1. The van der Waals surface area contributed by atoms with Crippen LogP contribution in [0.1, 0.15) is 24.4 Å². The molecular formula is C20H23N5O3. The number of anilines is 1. The lowest BCUT2D eigenvalue weighted by atomic mass is 9.98. The second-order valence-electron chi connectivity index (χ2n) is 7.52. The minimum absolute atomic E-state index is 0.185. The van der Waals surface area contributed by atoms with E-state index in [4.69, 9.17) is 4.74 Å². The Morgan fingerprint density at radius 2 is 2.07 bits per heavy atom. The lowest BCUT2D eigenvalue weighted by molar-refractivity contribution is 0.0579. The molecule has 8 heteroatoms. The summed E-state index contributed by atoms with van der Waals surface area (Å²) in [6, 6.07) is 7.43. The molecule has 0 bridgehead atoms. The first kappa shape index (κ1) is 17.4. The van der Waals surface area contributed by atoms with Gasteiger partial charge in [-0.2, -0.15) is 0 Å². The standard InChI is InChI=1S/C20H23N5O3/c26-9-13-4-3-7-24(8-13)19-17-20(22-11-21-19)25(12-23-17)18-14-5-1-2-6-16(14)28-10-15(18)27/h1-2,5-6,11-13,15,18,26-27H,3-4,7-10H2/t13-,15-,18+/m1/s1. The molecule has 4 heterocycles. The van der Waals surface area contributed by atoms with E-state index in [9.17, 15) is 10.2 Å². The van der Waals surface area contributed by atoms with Crippen molar-refractivity contribution < 1.29 is 14.9 Å². The highest BCUT2D eigenvalue weighted by atomic mass is 16.5. The van der Waals surface area contributed by atoms with Crippen LogP contribution in [0.25, 0.3) is 11.2 Å². The molecule has 2 aliphatic heterocycles. The Hall–Kier alpha value is -2.71. The van der Waals surface area contributed by atoms with Gasteiger partial charge in [0.05, 0.1) is 12.4 Å². The van der Waals surface area contributed by atoms with Crippen LogP contribution in [0, 0.1) is 5.92 Å². The fourth-order valence-electron chi connectivity index (χ4n) is 4.35. The van der Waals surface area contributed by atoms with E-state index < -0.39 is 6.10 Å². The van der Waals surface area contributed by atoms with Crippen LogP contribution in [0.5, 0.6) is 5.75 Å². The van der Waals surface area contributed by atoms with E-state index in [0.29, 0.717) is 5.65 Å². The largest absolute Gasteiger partial charge is 0.490 e. The topological polar surface area (TPSA) is 96.5 Å². The van der Waals surface area contributed by atoms with Gasteiger partial charge in [-0.1, -0.05) is 18.2 Å². The van der Waals surface area contributed by atoms with Crippen LogP contribution in [0.15, 0.2) is 36.9 Å². The van der Waals surface area contributed by atoms with Crippen LogP contribution in [0.2, 0.25) is 0 Å². The number of benzene rings is 1. The van der Waals surface area contributed by atoms with Gasteiger partial charge < -0.3 is 24.4 Å². The Morgan fingerprint density at radius 3 is 2.96 bits per heavy atom. The third kappa shape index (κ3) is 2.80. The second kappa shape index (κ2) is 7.03. The summed E-state index contributed by atoms with van der Waals surface area (Å²) < 4.78 is 7.59. The van der Waals surface area contributed by atoms with Gasteiger partial charge in [-0.3, -0.25) is 0 Å². The van der Waals surface area contributed by atoms with Gasteiger partial charge in [0.25, 0.3) is 0 Å². The number of aliphatic hydroxyl groups excluding tert-OH is 2. The van der Waals surface area contributed by atoms with Crippen molar-refractivity contribution in [3.63, 3.8) is 0 Å². The molecule has 0 unspecified atom stereocenters. The highest BCUT2D eigenvalue weighted by Gasteiger charge is 2.33. The number of fused-ring (bicyclic) bond motifs is 2. The highest BCUT2D eigenvalue weighted by molar-refractivity contribution is 5.83. The van der Waals surface area contributed by atoms with Crippen molar-refractivity contribution >= 4 is 17.0 Å². The number of ether oxygens (including phenoxy) is 1. The van der Waals surface area contributed by atoms with E-state index in [0.717, 1.165) is 48.6 Å². The lowest BCUT2D eigenvalue weighted by Crippen LogP contribution is -2.37. The smallest absolute Gasteiger partial charge is 0.166 e. The molecule has 0 radical (unpaired) electrons. The number of nitrogens with zero attached hydrogens (tertiary/aromatic N) is 5. The summed E-state index contributed by atoms with van der Waals surface area (Å²) in [6.07, 6.45) is 4.63. The van der Waals surface area contributed by atoms with Crippen LogP contribution >= 0.6 is 0 Å². The van der Waals surface area contributed by atoms with Gasteiger partial charge in [-0.15, -0.1) is 0 Å². The normalized spacial score (nSPS) is 24.8. The average Bonchev–Trinajstić information content (AvgIpc) is 3.17. The molecular weight excluding hydrogens is 358 g/mol. The van der Waals surface area contributed by atoms with E-state index in [2.05, 4.69) is 19.9 Å². The van der Waals surface area contributed by atoms with Crippen molar-refractivity contribution in [2.75, 3.05) is 31.2 Å². The van der Waals surface area contributed by atoms with Crippen LogP contribution in [0.3, 0.4) is 0 Å². The van der Waals surface area contributed by atoms with Gasteiger partial charge in [-0.25, -0.2) is 15.0 Å². The number of para-hydroxylation sites is 1. The van der Waals surface area contributed by atoms with E-state index in [1.807, 2.05) is 28.8 Å². The van der Waals surface area contributed by atoms with E-state index in [1.54, 1.807) is 12.7 Å². The molecule has 3 atom stereocenters. The number of aromatic nitrogens is 4. The molecule has 146 valence electrons. The maximum absolute atomic E-state index is 10.7. The molecule has 1 aromatic carbocycles. The van der Waals surface area contributed by atoms with Gasteiger partial charge >= 0.3 is 0 Å². The summed E-state index contributed by atoms with van der Waals surface area (Å²) in [5.41, 5.74) is 2.33. The van der Waals surface area contributed by atoms with Crippen molar-refractivity contribution in [1.82, 2.24) is 19.5 Å². The first-order chi connectivity index (χ1) is 13.8. The van der Waals surface area contributed by atoms with Crippen molar-refractivity contribution in [1.29, 1.82) is 0 Å². The summed E-state index contributed by atoms with van der Waals surface area (Å²) in [5.74, 6) is 1.82. The molecule has 1 saturated heterocycles. The van der Waals surface area contributed by atoms with Crippen molar-refractivity contribution in [2.45, 2.75) is 25.0 Å². The van der Waals surface area contributed by atoms with E-state index >= 15 is 0 Å². The van der Waals surface area contributed by atoms with Gasteiger partial charge in [0.1, 0.15) is 24.8 Å². The zero-order valence-electron chi connectivity index (χ0n) is 15.5. The van der Waals surface area contributed by atoms with Crippen LogP contribution < -0.4 is 9.64 Å². The number of aliphatic hydroxyl groups is 2. The highest BCUT2D eigenvalue weighted by Crippen LogP contribution is 2.37. The van der Waals surface area contributed by atoms with Gasteiger partial charge in [-0.05, 0) is 24.8 Å². The van der Waals surface area contributed by atoms with Crippen molar-refractivity contribution in [3.05, 3.63) is 42.5 Å². The SMILES string of the molecule is OC[C@@H]1CCCN(c2ncnc3c2ncn3[C@H]2c3ccccc3OC[C@H]2O)C1. The predicted molar refractivity (Wildman–Crippen MR) is 103 cm³/mol. The number of imidazole rings is 1. The van der Waals surface area contributed by atoms with Crippen molar-refractivity contribution in [3.8, 4) is 5.75 Å². The first-order valence-corrected chi connectivity index (χ1v) is 9.69. The van der Waals surface area contributed by atoms with Crippen LogP contribution in [-0.4, -0.2) is 62.1 Å². The molecule has 5 rings (SSSR count). The van der Waals surface area contributed by atoms with Gasteiger partial charge in [0.15, 0.2) is 17.0 Å². The molecule has 0 aliphatic carbocycles. The molecule has 1 fully saturated rings. The number of hydrogen-bond donors (Lipinski definition) is 2. The molecule has 0 saturated carbocycles. The number of hydrogen-bond acceptors (Lipinski definition) is 7. The molecule has 0 amide bonds. The Balaban J connectivity index is 1.58. The molecule has 2 N–H and O–H groups in total. The fraction of sp³-hybridized carbons (Fsp3) is 0.450. The molecule has 0 spiro atoms. The maximum atomic E-state index is 10.7. The van der Waals surface area contributed by atoms with Gasteiger partial charge in [0, 0.05) is 25.3 Å². The second-order valence-corrected chi connectivity index (χ2v) is 7.52. The monoisotopic (exact) mass is 381 g/mol. The third-order valence-electron chi connectivity index (χ3n) is 5.73. The molecule has 8 nitrogen and oxygen atoms in total. The van der Waals surface area contributed by atoms with Crippen LogP contribution in [0.4, 0.5) is 5.82 Å². The van der Waals surface area contributed by atoms with Crippen LogP contribution in [-0.2, 0) is 0 Å². The molecule has 2 aromatic heterocycles. The lowest BCUT2D eigenvalue weighted by Gasteiger charge is -2.33. The predicted octanol–water partition coefficient (Wildman–Crippen LogP) is 1.38. The quantitative estimate of drug-likeness (QED) is 0.707. The van der Waals surface area contributed by atoms with E-state index in [-0.39, 0.29) is 25.2 Å².